The summed E-state index contributed by atoms with van der Waals surface area (Å²) in [7, 11) is 0. The molecule has 0 aromatic carbocycles. The molecule has 0 saturated heterocycles. The molecule has 0 aliphatic rings. The molecule has 0 aliphatic carbocycles. The Morgan fingerprint density at radius 3 is 2.33 bits per heavy atom. The molecule has 1 unspecified atom stereocenters. The lowest BCUT2D eigenvalue weighted by Crippen LogP contribution is -1.73. The SMILES string of the molecule is C/C=C/S(=O)[O-]. The van der Waals surface area contributed by atoms with E-state index < -0.39 is 11.1 Å². The second-order valence-corrected chi connectivity index (χ2v) is 1.52. The molecule has 36 valence electrons. The van der Waals surface area contributed by atoms with Gasteiger partial charge in [-0.05, 0) is 23.4 Å². The highest BCUT2D eigenvalue weighted by molar-refractivity contribution is 7.82. The summed E-state index contributed by atoms with van der Waals surface area (Å²) in [5.74, 6) is 0. The van der Waals surface area contributed by atoms with Crippen molar-refractivity contribution in [2.24, 2.45) is 0 Å². The summed E-state index contributed by atoms with van der Waals surface area (Å²) >= 11 is -2.00. The number of rotatable bonds is 1. The van der Waals surface area contributed by atoms with Crippen molar-refractivity contribution in [3.63, 3.8) is 0 Å². The van der Waals surface area contributed by atoms with Gasteiger partial charge in [0.1, 0.15) is 0 Å². The molecule has 0 heterocycles. The predicted molar refractivity (Wildman–Crippen MR) is 23.7 cm³/mol. The van der Waals surface area contributed by atoms with Crippen molar-refractivity contribution in [1.29, 1.82) is 0 Å². The highest BCUT2D eigenvalue weighted by atomic mass is 32.2. The maximum Gasteiger partial charge on any atom is -0.0158 e. The van der Waals surface area contributed by atoms with Crippen LogP contribution >= 0.6 is 0 Å². The first kappa shape index (κ1) is 5.85. The molecule has 0 N–H and O–H groups in total. The fraction of sp³-hybridized carbons (Fsp3) is 0.333. The van der Waals surface area contributed by atoms with Gasteiger partial charge in [-0.1, -0.05) is 6.08 Å². The Bertz CT molecular complexity index is 76.9. The molecule has 0 bridgehead atoms. The normalized spacial score (nSPS) is 15.7. The summed E-state index contributed by atoms with van der Waals surface area (Å²) in [6, 6.07) is 0. The fourth-order valence-electron chi connectivity index (χ4n) is 0.111. The summed E-state index contributed by atoms with van der Waals surface area (Å²) in [5.41, 5.74) is 0. The Morgan fingerprint density at radius 1 is 1.83 bits per heavy atom. The minimum atomic E-state index is -2.00. The molecule has 0 fully saturated rings. The summed E-state index contributed by atoms with van der Waals surface area (Å²) < 4.78 is 19.0. The third-order valence-electron chi connectivity index (χ3n) is 0.247. The summed E-state index contributed by atoms with van der Waals surface area (Å²) in [5, 5.41) is 1.08. The van der Waals surface area contributed by atoms with E-state index in [0.29, 0.717) is 0 Å². The van der Waals surface area contributed by atoms with Gasteiger partial charge in [-0.3, -0.25) is 4.21 Å². The standard InChI is InChI=1S/C3H6O2S/c1-2-3-6(4)5/h2-3H,1H3,(H,4,5)/p-1/b3-2+. The third-order valence-corrected chi connectivity index (χ3v) is 0.742. The molecule has 0 radical (unpaired) electrons. The molecule has 6 heavy (non-hydrogen) atoms. The van der Waals surface area contributed by atoms with Crippen molar-refractivity contribution < 1.29 is 8.76 Å². The van der Waals surface area contributed by atoms with Gasteiger partial charge in [-0.25, -0.2) is 0 Å². The Morgan fingerprint density at radius 2 is 2.33 bits per heavy atom. The van der Waals surface area contributed by atoms with E-state index >= 15 is 0 Å². The molecule has 0 rings (SSSR count). The molecule has 0 aliphatic heterocycles. The minimum Gasteiger partial charge on any atom is -0.769 e. The number of allylic oxidation sites excluding steroid dienone is 1. The van der Waals surface area contributed by atoms with E-state index in [1.54, 1.807) is 6.92 Å². The zero-order valence-electron chi connectivity index (χ0n) is 3.38. The van der Waals surface area contributed by atoms with Crippen LogP contribution in [0.3, 0.4) is 0 Å². The van der Waals surface area contributed by atoms with Gasteiger partial charge in [0, 0.05) is 0 Å². The van der Waals surface area contributed by atoms with Crippen LogP contribution in [0.1, 0.15) is 6.92 Å². The summed E-state index contributed by atoms with van der Waals surface area (Å²) in [6.45, 7) is 1.65. The van der Waals surface area contributed by atoms with E-state index in [4.69, 9.17) is 0 Å². The van der Waals surface area contributed by atoms with Crippen molar-refractivity contribution in [1.82, 2.24) is 0 Å². The van der Waals surface area contributed by atoms with Crippen molar-refractivity contribution in [3.8, 4) is 0 Å². The van der Waals surface area contributed by atoms with Crippen LogP contribution in [-0.2, 0) is 11.1 Å². The Labute approximate surface area is 39.2 Å². The molecular weight excluding hydrogens is 100 g/mol. The zero-order valence-corrected chi connectivity index (χ0v) is 4.20. The van der Waals surface area contributed by atoms with E-state index in [1.807, 2.05) is 0 Å². The number of hydrogen-bond donors (Lipinski definition) is 0. The van der Waals surface area contributed by atoms with E-state index in [1.165, 1.54) is 6.08 Å². The lowest BCUT2D eigenvalue weighted by atomic mass is 10.8. The van der Waals surface area contributed by atoms with Crippen LogP contribution in [0.4, 0.5) is 0 Å². The van der Waals surface area contributed by atoms with Gasteiger partial charge in [0.25, 0.3) is 0 Å². The quantitative estimate of drug-likeness (QED) is 0.453. The van der Waals surface area contributed by atoms with Crippen LogP contribution in [0.25, 0.3) is 0 Å². The van der Waals surface area contributed by atoms with Gasteiger partial charge < -0.3 is 4.55 Å². The maximum absolute atomic E-state index is 9.51. The minimum absolute atomic E-state index is 1.08. The lowest BCUT2D eigenvalue weighted by molar-refractivity contribution is 0.546. The van der Waals surface area contributed by atoms with Crippen LogP contribution in [0, 0.1) is 0 Å². The Balaban J connectivity index is 3.30. The first-order valence-electron chi connectivity index (χ1n) is 1.48. The maximum atomic E-state index is 9.51. The van der Waals surface area contributed by atoms with Crippen molar-refractivity contribution >= 4 is 11.1 Å². The van der Waals surface area contributed by atoms with E-state index in [2.05, 4.69) is 0 Å². The first-order chi connectivity index (χ1) is 2.77. The molecule has 0 saturated carbocycles. The van der Waals surface area contributed by atoms with E-state index in [0.717, 1.165) is 5.41 Å². The van der Waals surface area contributed by atoms with Gasteiger partial charge in [0.15, 0.2) is 0 Å². The molecule has 0 aromatic rings. The summed E-state index contributed by atoms with van der Waals surface area (Å²) in [6.07, 6.45) is 1.46. The second kappa shape index (κ2) is 3.06. The molecule has 0 spiro atoms. The van der Waals surface area contributed by atoms with Gasteiger partial charge >= 0.3 is 0 Å². The molecular formula is C3H5O2S-. The monoisotopic (exact) mass is 105 g/mol. The molecule has 0 aromatic heterocycles. The lowest BCUT2D eigenvalue weighted by Gasteiger charge is -1.90. The van der Waals surface area contributed by atoms with Crippen LogP contribution in [0.15, 0.2) is 11.5 Å². The average molecular weight is 105 g/mol. The highest BCUT2D eigenvalue weighted by Gasteiger charge is 1.58. The van der Waals surface area contributed by atoms with Crippen LogP contribution in [0.2, 0.25) is 0 Å². The summed E-state index contributed by atoms with van der Waals surface area (Å²) in [4.78, 5) is 0. The zero-order chi connectivity index (χ0) is 4.99. The van der Waals surface area contributed by atoms with E-state index in [-0.39, 0.29) is 0 Å². The molecule has 0 amide bonds. The Kier molecular flexibility index (Phi) is 2.98. The smallest absolute Gasteiger partial charge is 0.0158 e. The topological polar surface area (TPSA) is 40.1 Å². The van der Waals surface area contributed by atoms with Crippen LogP contribution in [-0.4, -0.2) is 8.76 Å². The van der Waals surface area contributed by atoms with Gasteiger partial charge in [0.2, 0.25) is 0 Å². The molecule has 1 atom stereocenters. The first-order valence-corrected chi connectivity index (χ1v) is 2.62. The average Bonchev–Trinajstić information content (AvgIpc) is 1.35. The fourth-order valence-corrected chi connectivity index (χ4v) is 0.333. The van der Waals surface area contributed by atoms with Crippen molar-refractivity contribution in [2.45, 2.75) is 6.92 Å². The highest BCUT2D eigenvalue weighted by Crippen LogP contribution is 1.72. The third kappa shape index (κ3) is 3.85. The van der Waals surface area contributed by atoms with E-state index in [9.17, 15) is 8.76 Å². The van der Waals surface area contributed by atoms with Crippen molar-refractivity contribution in [2.75, 3.05) is 0 Å². The predicted octanol–water partition coefficient (Wildman–Crippen LogP) is 0.399. The van der Waals surface area contributed by atoms with Crippen LogP contribution < -0.4 is 0 Å². The van der Waals surface area contributed by atoms with Gasteiger partial charge in [0.05, 0.1) is 0 Å². The second-order valence-electron chi connectivity index (χ2n) is 0.730. The number of hydrogen-bond acceptors (Lipinski definition) is 2. The molecule has 3 heteroatoms. The van der Waals surface area contributed by atoms with Gasteiger partial charge in [-0.2, -0.15) is 0 Å². The Hall–Kier alpha value is -0.150. The molecule has 2 nitrogen and oxygen atoms in total. The van der Waals surface area contributed by atoms with Crippen molar-refractivity contribution in [3.05, 3.63) is 11.5 Å². The van der Waals surface area contributed by atoms with Crippen LogP contribution in [0.5, 0.6) is 0 Å². The largest absolute Gasteiger partial charge is 0.769 e. The van der Waals surface area contributed by atoms with Gasteiger partial charge in [-0.15, -0.1) is 0 Å².